The number of allylic oxidation sites excluding steroid dienone is 1. The van der Waals surface area contributed by atoms with Crippen molar-refractivity contribution < 1.29 is 19.3 Å². The first-order valence-electron chi connectivity index (χ1n) is 10.6. The summed E-state index contributed by atoms with van der Waals surface area (Å²) in [7, 11) is 0. The molecule has 6 rings (SSSR count). The molecule has 30 heavy (non-hydrogen) atoms. The fourth-order valence-corrected chi connectivity index (χ4v) is 6.30. The average molecular weight is 430 g/mol. The zero-order chi connectivity index (χ0) is 21.2. The van der Waals surface area contributed by atoms with Gasteiger partial charge in [0.05, 0.1) is 11.1 Å². The number of benzene rings is 1. The second-order valence-electron chi connectivity index (χ2n) is 9.00. The summed E-state index contributed by atoms with van der Waals surface area (Å²) in [6.07, 6.45) is 5.26. The molecule has 4 aliphatic rings. The van der Waals surface area contributed by atoms with Crippen LogP contribution in [0.4, 0.5) is 4.39 Å². The van der Waals surface area contributed by atoms with Gasteiger partial charge in [-0.2, -0.15) is 0 Å². The largest absolute Gasteiger partial charge is 0.512 e. The van der Waals surface area contributed by atoms with Crippen molar-refractivity contribution in [3.05, 3.63) is 57.7 Å². The van der Waals surface area contributed by atoms with Crippen molar-refractivity contribution >= 4 is 17.2 Å². The van der Waals surface area contributed by atoms with E-state index in [0.717, 1.165) is 48.4 Å². The lowest BCUT2D eigenvalue weighted by Gasteiger charge is -2.46. The molecule has 0 spiro atoms. The Hall–Kier alpha value is -2.11. The lowest BCUT2D eigenvalue weighted by molar-refractivity contribution is -0.0144. The van der Waals surface area contributed by atoms with Gasteiger partial charge in [-0.05, 0) is 86.3 Å². The number of nitrogens with zero attached hydrogens (tertiary/aromatic N) is 1. The van der Waals surface area contributed by atoms with E-state index in [1.165, 1.54) is 6.20 Å². The highest BCUT2D eigenvalue weighted by molar-refractivity contribution is 6.30. The maximum atomic E-state index is 14.1. The first kappa shape index (κ1) is 19.8. The molecular weight excluding hydrogens is 405 g/mol. The van der Waals surface area contributed by atoms with Crippen LogP contribution in [0.1, 0.15) is 42.4 Å². The fourth-order valence-electron chi connectivity index (χ4n) is 6.15. The lowest BCUT2D eigenvalue weighted by Crippen LogP contribution is -2.42. The van der Waals surface area contributed by atoms with Crippen LogP contribution in [0.25, 0.3) is 5.57 Å². The topological polar surface area (TPSA) is 62.6 Å². The molecule has 0 aliphatic heterocycles. The summed E-state index contributed by atoms with van der Waals surface area (Å²) in [6.45, 7) is 3.84. The van der Waals surface area contributed by atoms with Gasteiger partial charge >= 0.3 is 0 Å². The molecular formula is C24H25ClFNO3. The Morgan fingerprint density at radius 3 is 2.30 bits per heavy atom. The smallest absolute Gasteiger partial charge is 0.255 e. The van der Waals surface area contributed by atoms with Gasteiger partial charge in [0.25, 0.3) is 5.88 Å². The van der Waals surface area contributed by atoms with Gasteiger partial charge in [-0.15, -0.1) is 0 Å². The van der Waals surface area contributed by atoms with E-state index in [0.29, 0.717) is 28.9 Å². The molecule has 0 radical (unpaired) electrons. The van der Waals surface area contributed by atoms with Gasteiger partial charge in [0.2, 0.25) is 0 Å². The molecule has 1 aromatic heterocycles. The summed E-state index contributed by atoms with van der Waals surface area (Å²) in [5.41, 5.74) is 3.27. The molecule has 2 aromatic rings. The molecule has 4 aliphatic carbocycles. The molecule has 2 bridgehead atoms. The Labute approximate surface area is 180 Å². The fraction of sp³-hybridized carbons (Fsp3) is 0.458. The van der Waals surface area contributed by atoms with Crippen molar-refractivity contribution in [2.45, 2.75) is 45.6 Å². The SMILES string of the molecule is Cc1cc(Oc2ncc(Cl)cc2F)cc(C)c1C1=C(O)C2C3CCC(CC3)C2C1O. The van der Waals surface area contributed by atoms with Crippen LogP contribution in [0.15, 0.2) is 30.2 Å². The van der Waals surface area contributed by atoms with Crippen LogP contribution in [-0.4, -0.2) is 21.3 Å². The Morgan fingerprint density at radius 2 is 1.70 bits per heavy atom. The molecule has 2 N–H and O–H groups in total. The predicted octanol–water partition coefficient (Wildman–Crippen LogP) is 5.98. The number of aliphatic hydroxyl groups excluding tert-OH is 2. The molecule has 1 heterocycles. The second kappa shape index (κ2) is 7.24. The van der Waals surface area contributed by atoms with Gasteiger partial charge in [-0.25, -0.2) is 9.37 Å². The number of rotatable bonds is 3. The number of ether oxygens (including phenoxy) is 1. The average Bonchev–Trinajstić information content (AvgIpc) is 2.98. The Bertz CT molecular complexity index is 1020. The van der Waals surface area contributed by atoms with Crippen LogP contribution in [-0.2, 0) is 0 Å². The molecule has 0 saturated heterocycles. The number of hydrogen-bond acceptors (Lipinski definition) is 4. The molecule has 158 valence electrons. The Balaban J connectivity index is 1.51. The van der Waals surface area contributed by atoms with Gasteiger partial charge in [-0.1, -0.05) is 11.6 Å². The molecule has 4 nitrogen and oxygen atoms in total. The quantitative estimate of drug-likeness (QED) is 0.630. The number of aliphatic hydroxyl groups is 2. The maximum Gasteiger partial charge on any atom is 0.255 e. The number of pyridine rings is 1. The first-order chi connectivity index (χ1) is 14.3. The molecule has 0 amide bonds. The Kier molecular flexibility index (Phi) is 4.79. The van der Waals surface area contributed by atoms with Gasteiger partial charge < -0.3 is 14.9 Å². The van der Waals surface area contributed by atoms with Crippen molar-refractivity contribution in [1.82, 2.24) is 4.98 Å². The minimum atomic E-state index is -0.650. The molecule has 3 unspecified atom stereocenters. The zero-order valence-electron chi connectivity index (χ0n) is 17.0. The minimum absolute atomic E-state index is 0.0737. The van der Waals surface area contributed by atoms with E-state index >= 15 is 0 Å². The first-order valence-corrected chi connectivity index (χ1v) is 10.9. The monoisotopic (exact) mass is 429 g/mol. The summed E-state index contributed by atoms with van der Waals surface area (Å²) in [4.78, 5) is 3.91. The summed E-state index contributed by atoms with van der Waals surface area (Å²) >= 11 is 5.76. The summed E-state index contributed by atoms with van der Waals surface area (Å²) in [5, 5.41) is 22.6. The van der Waals surface area contributed by atoms with Crippen LogP contribution >= 0.6 is 11.6 Å². The van der Waals surface area contributed by atoms with Crippen molar-refractivity contribution in [1.29, 1.82) is 0 Å². The van der Waals surface area contributed by atoms with E-state index in [9.17, 15) is 14.6 Å². The molecule has 1 aromatic carbocycles. The van der Waals surface area contributed by atoms with Crippen LogP contribution in [0.2, 0.25) is 5.02 Å². The number of fused-ring (bicyclic) bond motifs is 2. The van der Waals surface area contributed by atoms with E-state index in [-0.39, 0.29) is 22.7 Å². The van der Waals surface area contributed by atoms with E-state index in [1.807, 2.05) is 13.8 Å². The summed E-state index contributed by atoms with van der Waals surface area (Å²) in [6, 6.07) is 4.75. The van der Waals surface area contributed by atoms with Gasteiger partial charge in [0.15, 0.2) is 5.82 Å². The third-order valence-corrected chi connectivity index (χ3v) is 7.51. The highest BCUT2D eigenvalue weighted by atomic mass is 35.5. The third kappa shape index (κ3) is 3.02. The number of hydrogen-bond donors (Lipinski definition) is 2. The van der Waals surface area contributed by atoms with E-state index in [2.05, 4.69) is 4.98 Å². The van der Waals surface area contributed by atoms with Crippen LogP contribution in [0, 0.1) is 43.3 Å². The Morgan fingerprint density at radius 1 is 1.07 bits per heavy atom. The van der Waals surface area contributed by atoms with Crippen LogP contribution < -0.4 is 4.74 Å². The standard InChI is InChI=1S/C24H25ClFNO3/c1-11-7-16(30-24-17(26)9-15(25)10-27-24)8-12(2)18(11)21-22(28)19-13-3-4-14(6-5-13)20(19)23(21)29/h7-10,13-14,19-20,22,28-29H,3-6H2,1-2H3. The van der Waals surface area contributed by atoms with Crippen molar-refractivity contribution in [3.63, 3.8) is 0 Å². The predicted molar refractivity (Wildman–Crippen MR) is 113 cm³/mol. The lowest BCUT2D eigenvalue weighted by atomic mass is 9.59. The van der Waals surface area contributed by atoms with E-state index in [4.69, 9.17) is 16.3 Å². The van der Waals surface area contributed by atoms with Crippen molar-refractivity contribution in [3.8, 4) is 11.6 Å². The highest BCUT2D eigenvalue weighted by Gasteiger charge is 2.54. The van der Waals surface area contributed by atoms with Crippen molar-refractivity contribution in [2.24, 2.45) is 23.7 Å². The summed E-state index contributed by atoms with van der Waals surface area (Å²) in [5.74, 6) is 1.19. The van der Waals surface area contributed by atoms with Crippen LogP contribution in [0.5, 0.6) is 11.6 Å². The molecule has 3 atom stereocenters. The van der Waals surface area contributed by atoms with E-state index < -0.39 is 11.9 Å². The summed E-state index contributed by atoms with van der Waals surface area (Å²) < 4.78 is 19.7. The normalized spacial score (nSPS) is 30.0. The third-order valence-electron chi connectivity index (χ3n) is 7.30. The second-order valence-corrected chi connectivity index (χ2v) is 9.43. The van der Waals surface area contributed by atoms with Gasteiger partial charge in [0.1, 0.15) is 11.5 Å². The van der Waals surface area contributed by atoms with Crippen LogP contribution in [0.3, 0.4) is 0 Å². The number of aromatic nitrogens is 1. The number of halogens is 2. The van der Waals surface area contributed by atoms with Gasteiger partial charge in [-0.3, -0.25) is 0 Å². The van der Waals surface area contributed by atoms with E-state index in [1.54, 1.807) is 12.1 Å². The molecule has 3 fully saturated rings. The number of aryl methyl sites for hydroxylation is 2. The van der Waals surface area contributed by atoms with Gasteiger partial charge in [0, 0.05) is 23.6 Å². The maximum absolute atomic E-state index is 14.1. The van der Waals surface area contributed by atoms with Crippen molar-refractivity contribution in [2.75, 3.05) is 0 Å². The highest BCUT2D eigenvalue weighted by Crippen LogP contribution is 2.59. The molecule has 6 heteroatoms. The zero-order valence-corrected chi connectivity index (χ0v) is 17.8. The minimum Gasteiger partial charge on any atom is -0.512 e. The molecule has 3 saturated carbocycles.